The van der Waals surface area contributed by atoms with Gasteiger partial charge >= 0.3 is 0 Å². The Balaban J connectivity index is 1.92. The predicted molar refractivity (Wildman–Crippen MR) is 75.5 cm³/mol. The molecule has 1 N–H and O–H groups in total. The monoisotopic (exact) mass is 272 g/mol. The average Bonchev–Trinajstić information content (AvgIpc) is 2.44. The van der Waals surface area contributed by atoms with Crippen molar-refractivity contribution in [3.8, 4) is 17.2 Å². The lowest BCUT2D eigenvalue weighted by Gasteiger charge is -2.11. The highest BCUT2D eigenvalue weighted by molar-refractivity contribution is 5.99. The van der Waals surface area contributed by atoms with Gasteiger partial charge < -0.3 is 14.6 Å². The zero-order chi connectivity index (χ0) is 14.4. The van der Waals surface area contributed by atoms with Crippen molar-refractivity contribution in [2.24, 2.45) is 0 Å². The molecule has 0 saturated heterocycles. The summed E-state index contributed by atoms with van der Waals surface area (Å²) in [5.74, 6) is 0.828. The van der Waals surface area contributed by atoms with E-state index in [4.69, 9.17) is 9.47 Å². The highest BCUT2D eigenvalue weighted by atomic mass is 16.5. The molecule has 0 aromatic heterocycles. The Morgan fingerprint density at radius 3 is 2.40 bits per heavy atom. The Hall–Kier alpha value is -2.49. The van der Waals surface area contributed by atoms with Crippen LogP contribution in [0.3, 0.4) is 0 Å². The highest BCUT2D eigenvalue weighted by Gasteiger charge is 2.13. The van der Waals surface area contributed by atoms with Crippen LogP contribution < -0.4 is 9.47 Å². The van der Waals surface area contributed by atoms with E-state index in [1.165, 1.54) is 13.0 Å². The fourth-order valence-electron chi connectivity index (χ4n) is 1.82. The quantitative estimate of drug-likeness (QED) is 0.648. The summed E-state index contributed by atoms with van der Waals surface area (Å²) in [6.07, 6.45) is 0. The molecule has 2 rings (SSSR count). The lowest BCUT2D eigenvalue weighted by Crippen LogP contribution is -2.10. The molecule has 2 aromatic rings. The summed E-state index contributed by atoms with van der Waals surface area (Å²) in [7, 11) is 0. The molecule has 4 heteroatoms. The minimum absolute atomic E-state index is 0.0704. The SMILES string of the molecule is CC(=O)c1c(O)cccc1OCCOc1ccccc1. The second-order valence-corrected chi connectivity index (χ2v) is 4.22. The normalized spacial score (nSPS) is 10.1. The third-order valence-electron chi connectivity index (χ3n) is 2.71. The summed E-state index contributed by atoms with van der Waals surface area (Å²) in [5, 5.41) is 9.66. The van der Waals surface area contributed by atoms with Crippen molar-refractivity contribution in [3.63, 3.8) is 0 Å². The molecule has 2 aromatic carbocycles. The van der Waals surface area contributed by atoms with Gasteiger partial charge in [0.2, 0.25) is 0 Å². The number of rotatable bonds is 6. The predicted octanol–water partition coefficient (Wildman–Crippen LogP) is 3.05. The third kappa shape index (κ3) is 3.51. The van der Waals surface area contributed by atoms with E-state index < -0.39 is 0 Å². The molecule has 0 aliphatic rings. The fourth-order valence-corrected chi connectivity index (χ4v) is 1.82. The van der Waals surface area contributed by atoms with Crippen LogP contribution >= 0.6 is 0 Å². The van der Waals surface area contributed by atoms with Crippen LogP contribution in [0.2, 0.25) is 0 Å². The van der Waals surface area contributed by atoms with Crippen molar-refractivity contribution in [3.05, 3.63) is 54.1 Å². The van der Waals surface area contributed by atoms with Crippen LogP contribution in [0, 0.1) is 0 Å². The van der Waals surface area contributed by atoms with Crippen molar-refractivity contribution in [2.45, 2.75) is 6.92 Å². The molecular weight excluding hydrogens is 256 g/mol. The Morgan fingerprint density at radius 1 is 1.00 bits per heavy atom. The number of hydrogen-bond acceptors (Lipinski definition) is 4. The van der Waals surface area contributed by atoms with Gasteiger partial charge in [-0.3, -0.25) is 4.79 Å². The summed E-state index contributed by atoms with van der Waals surface area (Å²) in [4.78, 5) is 11.5. The van der Waals surface area contributed by atoms with Gasteiger partial charge in [-0.15, -0.1) is 0 Å². The van der Waals surface area contributed by atoms with Crippen molar-refractivity contribution in [2.75, 3.05) is 13.2 Å². The number of carbonyl (C=O) groups excluding carboxylic acids is 1. The van der Waals surface area contributed by atoms with Crippen LogP contribution in [-0.2, 0) is 0 Å². The van der Waals surface area contributed by atoms with Gasteiger partial charge in [-0.1, -0.05) is 24.3 Å². The van der Waals surface area contributed by atoms with E-state index in [2.05, 4.69) is 0 Å². The van der Waals surface area contributed by atoms with Gasteiger partial charge in [0, 0.05) is 0 Å². The molecule has 0 saturated carbocycles. The largest absolute Gasteiger partial charge is 0.507 e. The number of benzene rings is 2. The number of aromatic hydroxyl groups is 1. The molecule has 4 nitrogen and oxygen atoms in total. The minimum Gasteiger partial charge on any atom is -0.507 e. The molecule has 0 radical (unpaired) electrons. The first-order valence-corrected chi connectivity index (χ1v) is 6.32. The molecule has 0 aliphatic carbocycles. The van der Waals surface area contributed by atoms with Crippen molar-refractivity contribution in [1.82, 2.24) is 0 Å². The molecule has 0 spiro atoms. The summed E-state index contributed by atoms with van der Waals surface area (Å²) in [5.41, 5.74) is 0.201. The molecular formula is C16H16O4. The number of carbonyl (C=O) groups is 1. The molecule has 0 fully saturated rings. The highest BCUT2D eigenvalue weighted by Crippen LogP contribution is 2.27. The number of phenols is 1. The minimum atomic E-state index is -0.234. The zero-order valence-electron chi connectivity index (χ0n) is 11.2. The molecule has 0 heterocycles. The lowest BCUT2D eigenvalue weighted by atomic mass is 10.1. The van der Waals surface area contributed by atoms with E-state index >= 15 is 0 Å². The third-order valence-corrected chi connectivity index (χ3v) is 2.71. The van der Waals surface area contributed by atoms with Crippen molar-refractivity contribution in [1.29, 1.82) is 0 Å². The van der Waals surface area contributed by atoms with Crippen molar-refractivity contribution < 1.29 is 19.4 Å². The second-order valence-electron chi connectivity index (χ2n) is 4.22. The van der Waals surface area contributed by atoms with E-state index in [0.29, 0.717) is 19.0 Å². The van der Waals surface area contributed by atoms with Crippen LogP contribution in [-0.4, -0.2) is 24.1 Å². The maximum atomic E-state index is 11.5. The van der Waals surface area contributed by atoms with Crippen LogP contribution in [0.15, 0.2) is 48.5 Å². The number of para-hydroxylation sites is 1. The molecule has 0 atom stereocenters. The maximum Gasteiger partial charge on any atom is 0.167 e. The molecule has 0 bridgehead atoms. The van der Waals surface area contributed by atoms with Crippen molar-refractivity contribution >= 4 is 5.78 Å². The maximum absolute atomic E-state index is 11.5. The first-order chi connectivity index (χ1) is 9.68. The fraction of sp³-hybridized carbons (Fsp3) is 0.188. The Labute approximate surface area is 117 Å². The summed E-state index contributed by atoms with van der Waals surface area (Å²) in [6.45, 7) is 2.04. The van der Waals surface area contributed by atoms with E-state index in [0.717, 1.165) is 5.75 Å². The van der Waals surface area contributed by atoms with Crippen LogP contribution in [0.1, 0.15) is 17.3 Å². The topological polar surface area (TPSA) is 55.8 Å². The first-order valence-electron chi connectivity index (χ1n) is 6.32. The number of Topliss-reactive ketones (excluding diaryl/α,β-unsaturated/α-hetero) is 1. The van der Waals surface area contributed by atoms with Crippen LogP contribution in [0.4, 0.5) is 0 Å². The molecule has 104 valence electrons. The van der Waals surface area contributed by atoms with E-state index in [9.17, 15) is 9.90 Å². The van der Waals surface area contributed by atoms with Gasteiger partial charge in [-0.05, 0) is 31.2 Å². The summed E-state index contributed by atoms with van der Waals surface area (Å²) >= 11 is 0. The summed E-state index contributed by atoms with van der Waals surface area (Å²) in [6, 6.07) is 14.1. The Bertz CT molecular complexity index is 578. The van der Waals surface area contributed by atoms with Gasteiger partial charge in [0.05, 0.1) is 0 Å². The molecule has 0 aliphatic heterocycles. The second kappa shape index (κ2) is 6.61. The standard InChI is InChI=1S/C16H16O4/c1-12(17)16-14(18)8-5-9-15(16)20-11-10-19-13-6-3-2-4-7-13/h2-9,18H,10-11H2,1H3. The van der Waals surface area contributed by atoms with E-state index in [-0.39, 0.29) is 17.1 Å². The zero-order valence-corrected chi connectivity index (χ0v) is 11.2. The lowest BCUT2D eigenvalue weighted by molar-refractivity contribution is 0.100. The molecule has 0 amide bonds. The van der Waals surface area contributed by atoms with Gasteiger partial charge in [0.25, 0.3) is 0 Å². The number of phenolic OH excluding ortho intramolecular Hbond substituents is 1. The van der Waals surface area contributed by atoms with Gasteiger partial charge in [0.1, 0.15) is 36.0 Å². The van der Waals surface area contributed by atoms with Crippen LogP contribution in [0.25, 0.3) is 0 Å². The average molecular weight is 272 g/mol. The number of ether oxygens (including phenoxy) is 2. The van der Waals surface area contributed by atoms with Crippen LogP contribution in [0.5, 0.6) is 17.2 Å². The Kier molecular flexibility index (Phi) is 4.60. The Morgan fingerprint density at radius 2 is 1.70 bits per heavy atom. The molecule has 0 unspecified atom stereocenters. The number of hydrogen-bond donors (Lipinski definition) is 1. The summed E-state index contributed by atoms with van der Waals surface area (Å²) < 4.78 is 11.0. The van der Waals surface area contributed by atoms with E-state index in [1.54, 1.807) is 12.1 Å². The molecule has 20 heavy (non-hydrogen) atoms. The van der Waals surface area contributed by atoms with Gasteiger partial charge in [-0.2, -0.15) is 0 Å². The first kappa shape index (κ1) is 13.9. The van der Waals surface area contributed by atoms with E-state index in [1.807, 2.05) is 30.3 Å². The smallest absolute Gasteiger partial charge is 0.167 e. The van der Waals surface area contributed by atoms with Gasteiger partial charge in [0.15, 0.2) is 5.78 Å². The number of ketones is 1. The van der Waals surface area contributed by atoms with Gasteiger partial charge in [-0.25, -0.2) is 0 Å².